The predicted molar refractivity (Wildman–Crippen MR) is 110 cm³/mol. The molecule has 0 radical (unpaired) electrons. The molecule has 0 saturated heterocycles. The van der Waals surface area contributed by atoms with Gasteiger partial charge in [0.2, 0.25) is 5.16 Å². The molecule has 8 heteroatoms. The Hall–Kier alpha value is -3.52. The minimum absolute atomic E-state index is 0.322. The Morgan fingerprint density at radius 1 is 1.00 bits per heavy atom. The molecular formula is C21H16FN5OS. The van der Waals surface area contributed by atoms with Crippen molar-refractivity contribution in [1.82, 2.24) is 20.2 Å². The molecule has 0 aliphatic rings. The van der Waals surface area contributed by atoms with Gasteiger partial charge in [-0.25, -0.2) is 4.39 Å². The van der Waals surface area contributed by atoms with Crippen LogP contribution in [0.15, 0.2) is 84.0 Å². The third-order valence-electron chi connectivity index (χ3n) is 4.11. The summed E-state index contributed by atoms with van der Waals surface area (Å²) < 4.78 is 14.9. The molecule has 0 unspecified atom stereocenters. The van der Waals surface area contributed by atoms with Gasteiger partial charge in [0, 0.05) is 17.0 Å². The number of amides is 1. The monoisotopic (exact) mass is 405 g/mol. The molecule has 1 amide bonds. The summed E-state index contributed by atoms with van der Waals surface area (Å²) in [4.78, 5) is 12.4. The van der Waals surface area contributed by atoms with Crippen molar-refractivity contribution in [2.45, 2.75) is 10.9 Å². The third-order valence-corrected chi connectivity index (χ3v) is 5.10. The molecule has 0 spiro atoms. The fraction of sp³-hybridized carbons (Fsp3) is 0.0476. The molecule has 1 N–H and O–H groups in total. The van der Waals surface area contributed by atoms with Crippen LogP contribution in [0.1, 0.15) is 15.9 Å². The fourth-order valence-electron chi connectivity index (χ4n) is 2.68. The number of hydrogen-bond donors (Lipinski definition) is 1. The van der Waals surface area contributed by atoms with Crippen LogP contribution in [-0.2, 0) is 5.75 Å². The topological polar surface area (TPSA) is 72.7 Å². The molecule has 29 heavy (non-hydrogen) atoms. The van der Waals surface area contributed by atoms with Crippen molar-refractivity contribution >= 4 is 23.4 Å². The van der Waals surface area contributed by atoms with Crippen LogP contribution >= 0.6 is 11.8 Å². The van der Waals surface area contributed by atoms with E-state index in [9.17, 15) is 9.18 Å². The van der Waals surface area contributed by atoms with Gasteiger partial charge in [-0.2, -0.15) is 4.68 Å². The lowest BCUT2D eigenvalue weighted by atomic mass is 10.2. The van der Waals surface area contributed by atoms with Crippen LogP contribution in [0.3, 0.4) is 0 Å². The van der Waals surface area contributed by atoms with E-state index in [1.165, 1.54) is 29.5 Å². The van der Waals surface area contributed by atoms with Crippen LogP contribution in [0.5, 0.6) is 0 Å². The summed E-state index contributed by atoms with van der Waals surface area (Å²) in [5.41, 5.74) is 2.77. The Morgan fingerprint density at radius 3 is 2.55 bits per heavy atom. The fourth-order valence-corrected chi connectivity index (χ4v) is 3.52. The van der Waals surface area contributed by atoms with Gasteiger partial charge in [-0.15, -0.1) is 5.10 Å². The number of carbonyl (C=O) groups excluding carboxylic acids is 1. The number of benzene rings is 3. The second-order valence-corrected chi connectivity index (χ2v) is 7.10. The molecule has 4 rings (SSSR count). The van der Waals surface area contributed by atoms with E-state index in [1.54, 1.807) is 41.1 Å². The average molecular weight is 405 g/mol. The number of thioether (sulfide) groups is 1. The van der Waals surface area contributed by atoms with Gasteiger partial charge in [0.25, 0.3) is 5.91 Å². The van der Waals surface area contributed by atoms with E-state index in [0.29, 0.717) is 16.4 Å². The minimum Gasteiger partial charge on any atom is -0.322 e. The van der Waals surface area contributed by atoms with Gasteiger partial charge in [0.1, 0.15) is 5.82 Å². The van der Waals surface area contributed by atoms with Crippen molar-refractivity contribution in [2.75, 3.05) is 5.32 Å². The molecule has 0 fully saturated rings. The van der Waals surface area contributed by atoms with Crippen LogP contribution < -0.4 is 5.32 Å². The van der Waals surface area contributed by atoms with Gasteiger partial charge in [-0.1, -0.05) is 48.2 Å². The zero-order chi connectivity index (χ0) is 20.1. The second kappa shape index (κ2) is 8.66. The van der Waals surface area contributed by atoms with Gasteiger partial charge < -0.3 is 5.32 Å². The number of halogens is 1. The Balaban J connectivity index is 1.45. The summed E-state index contributed by atoms with van der Waals surface area (Å²) in [6, 6.07) is 22.7. The molecule has 144 valence electrons. The van der Waals surface area contributed by atoms with Crippen molar-refractivity contribution in [3.05, 3.63) is 95.8 Å². The van der Waals surface area contributed by atoms with Crippen LogP contribution in [0.4, 0.5) is 10.1 Å². The summed E-state index contributed by atoms with van der Waals surface area (Å²) in [5, 5.41) is 15.2. The highest BCUT2D eigenvalue weighted by atomic mass is 32.2. The maximum absolute atomic E-state index is 13.3. The van der Waals surface area contributed by atoms with E-state index < -0.39 is 5.82 Å². The smallest absolute Gasteiger partial charge is 0.255 e. The van der Waals surface area contributed by atoms with Crippen molar-refractivity contribution in [3.8, 4) is 5.69 Å². The first-order chi connectivity index (χ1) is 14.2. The van der Waals surface area contributed by atoms with Gasteiger partial charge in [-0.05, 0) is 58.5 Å². The van der Waals surface area contributed by atoms with Gasteiger partial charge in [-0.3, -0.25) is 4.79 Å². The molecule has 6 nitrogen and oxygen atoms in total. The Kier molecular flexibility index (Phi) is 5.62. The Labute approximate surface area is 170 Å². The maximum atomic E-state index is 13.3. The number of rotatable bonds is 6. The highest BCUT2D eigenvalue weighted by Gasteiger charge is 2.11. The minimum atomic E-state index is -0.405. The standard InChI is InChI=1S/C21H16FN5OS/c22-17-7-4-8-18(13-17)23-20(28)16-9-11-19(12-10-16)27-21(24-25-26-27)29-14-15-5-2-1-3-6-15/h1-13H,14H2,(H,23,28). The van der Waals surface area contributed by atoms with Crippen molar-refractivity contribution in [1.29, 1.82) is 0 Å². The number of nitrogens with zero attached hydrogens (tertiary/aromatic N) is 4. The first kappa shape index (κ1) is 18.8. The van der Waals surface area contributed by atoms with Crippen molar-refractivity contribution in [2.24, 2.45) is 0 Å². The summed E-state index contributed by atoms with van der Waals surface area (Å²) in [5.74, 6) is 0.0184. The SMILES string of the molecule is O=C(Nc1cccc(F)c1)c1ccc(-n2nnnc2SCc2ccccc2)cc1. The van der Waals surface area contributed by atoms with E-state index in [1.807, 2.05) is 30.3 Å². The molecular weight excluding hydrogens is 389 g/mol. The van der Waals surface area contributed by atoms with E-state index >= 15 is 0 Å². The normalized spacial score (nSPS) is 10.7. The van der Waals surface area contributed by atoms with Crippen LogP contribution in [0.25, 0.3) is 5.69 Å². The molecule has 0 bridgehead atoms. The molecule has 0 atom stereocenters. The number of nitrogens with one attached hydrogen (secondary N) is 1. The average Bonchev–Trinajstić information content (AvgIpc) is 3.22. The second-order valence-electron chi connectivity index (χ2n) is 6.16. The van der Waals surface area contributed by atoms with Gasteiger partial charge >= 0.3 is 0 Å². The lowest BCUT2D eigenvalue weighted by molar-refractivity contribution is 0.102. The first-order valence-electron chi connectivity index (χ1n) is 8.81. The van der Waals surface area contributed by atoms with Crippen molar-refractivity contribution in [3.63, 3.8) is 0 Å². The molecule has 4 aromatic rings. The highest BCUT2D eigenvalue weighted by molar-refractivity contribution is 7.98. The van der Waals surface area contributed by atoms with Crippen molar-refractivity contribution < 1.29 is 9.18 Å². The first-order valence-corrected chi connectivity index (χ1v) is 9.80. The number of carbonyl (C=O) groups is 1. The van der Waals surface area contributed by atoms with Gasteiger partial charge in [0.05, 0.1) is 5.69 Å². The van der Waals surface area contributed by atoms with E-state index in [-0.39, 0.29) is 5.91 Å². The molecule has 1 heterocycles. The zero-order valence-corrected chi connectivity index (χ0v) is 16.0. The summed E-state index contributed by atoms with van der Waals surface area (Å²) in [6.07, 6.45) is 0. The quantitative estimate of drug-likeness (QED) is 0.483. The van der Waals surface area contributed by atoms with Gasteiger partial charge in [0.15, 0.2) is 0 Å². The Bertz CT molecular complexity index is 1120. The van der Waals surface area contributed by atoms with Crippen LogP contribution in [0.2, 0.25) is 0 Å². The van der Waals surface area contributed by atoms with Crippen LogP contribution in [-0.4, -0.2) is 26.1 Å². The van der Waals surface area contributed by atoms with E-state index in [4.69, 9.17) is 0 Å². The Morgan fingerprint density at radius 2 is 1.79 bits per heavy atom. The lowest BCUT2D eigenvalue weighted by Gasteiger charge is -2.07. The van der Waals surface area contributed by atoms with Crippen LogP contribution in [0, 0.1) is 5.82 Å². The highest BCUT2D eigenvalue weighted by Crippen LogP contribution is 2.22. The largest absolute Gasteiger partial charge is 0.322 e. The maximum Gasteiger partial charge on any atom is 0.255 e. The number of aromatic nitrogens is 4. The third kappa shape index (κ3) is 4.67. The molecule has 0 saturated carbocycles. The summed E-state index contributed by atoms with van der Waals surface area (Å²) >= 11 is 1.53. The predicted octanol–water partition coefficient (Wildman–Crippen LogP) is 4.35. The molecule has 0 aliphatic carbocycles. The zero-order valence-electron chi connectivity index (χ0n) is 15.2. The molecule has 1 aromatic heterocycles. The summed E-state index contributed by atoms with van der Waals surface area (Å²) in [6.45, 7) is 0. The lowest BCUT2D eigenvalue weighted by Crippen LogP contribution is -2.12. The molecule has 3 aromatic carbocycles. The summed E-state index contributed by atoms with van der Waals surface area (Å²) in [7, 11) is 0. The van der Waals surface area contributed by atoms with E-state index in [2.05, 4.69) is 20.8 Å². The number of tetrazole rings is 1. The van der Waals surface area contributed by atoms with E-state index in [0.717, 1.165) is 11.4 Å². The number of hydrogen-bond acceptors (Lipinski definition) is 5. The molecule has 0 aliphatic heterocycles. The number of anilines is 1.